The summed E-state index contributed by atoms with van der Waals surface area (Å²) in [7, 11) is 0. The third-order valence-electron chi connectivity index (χ3n) is 2.70. The minimum absolute atomic E-state index is 0.194. The fourth-order valence-electron chi connectivity index (χ4n) is 1.71. The number of hydrogen-bond donors (Lipinski definition) is 0. The molecule has 0 unspecified atom stereocenters. The maximum atomic E-state index is 12.1. The van der Waals surface area contributed by atoms with Crippen LogP contribution in [0.2, 0.25) is 0 Å². The standard InChI is InChI=1S/C16H27F/c1-4-7-11-16(12-8-9-13-17)14-15(6-3)10-5-2/h5,10-11,14H,4,6-9,12-13H2,1-3H3/b10-5?,15-14+,16-11+. The minimum Gasteiger partial charge on any atom is -0.251 e. The Bertz CT molecular complexity index is 259. The van der Waals surface area contributed by atoms with Crippen LogP contribution in [-0.4, -0.2) is 6.67 Å². The van der Waals surface area contributed by atoms with Crippen molar-refractivity contribution < 1.29 is 4.39 Å². The summed E-state index contributed by atoms with van der Waals surface area (Å²) in [4.78, 5) is 0. The van der Waals surface area contributed by atoms with Crippen LogP contribution in [0, 0.1) is 0 Å². The molecule has 0 saturated carbocycles. The molecule has 98 valence electrons. The highest BCUT2D eigenvalue weighted by Gasteiger charge is 1.96. The average Bonchev–Trinajstić information content (AvgIpc) is 2.35. The first kappa shape index (κ1) is 16.1. The zero-order chi connectivity index (χ0) is 12.9. The molecule has 0 aliphatic carbocycles. The van der Waals surface area contributed by atoms with E-state index >= 15 is 0 Å². The first-order valence-corrected chi connectivity index (χ1v) is 6.86. The molecule has 0 rings (SSSR count). The molecule has 0 aliphatic heterocycles. The molecule has 0 fully saturated rings. The summed E-state index contributed by atoms with van der Waals surface area (Å²) < 4.78 is 12.1. The number of halogens is 1. The monoisotopic (exact) mass is 238 g/mol. The van der Waals surface area contributed by atoms with Crippen LogP contribution >= 0.6 is 0 Å². The van der Waals surface area contributed by atoms with Crippen LogP contribution < -0.4 is 0 Å². The molecular formula is C16H27F. The largest absolute Gasteiger partial charge is 0.251 e. The Labute approximate surface area is 106 Å². The molecule has 0 aliphatic rings. The van der Waals surface area contributed by atoms with Crippen molar-refractivity contribution in [3.8, 4) is 0 Å². The van der Waals surface area contributed by atoms with Gasteiger partial charge in [0.25, 0.3) is 0 Å². The van der Waals surface area contributed by atoms with Crippen LogP contribution in [0.15, 0.2) is 35.5 Å². The Kier molecular flexibility index (Phi) is 11.0. The van der Waals surface area contributed by atoms with Gasteiger partial charge in [0.05, 0.1) is 6.67 Å². The summed E-state index contributed by atoms with van der Waals surface area (Å²) in [6.45, 7) is 6.21. The van der Waals surface area contributed by atoms with Gasteiger partial charge in [-0.2, -0.15) is 0 Å². The Morgan fingerprint density at radius 2 is 1.88 bits per heavy atom. The van der Waals surface area contributed by atoms with Crippen molar-refractivity contribution in [1.82, 2.24) is 0 Å². The normalized spacial score (nSPS) is 13.6. The summed E-state index contributed by atoms with van der Waals surface area (Å²) in [6.07, 6.45) is 14.8. The van der Waals surface area contributed by atoms with Crippen LogP contribution in [0.4, 0.5) is 4.39 Å². The van der Waals surface area contributed by atoms with Crippen LogP contribution in [0.25, 0.3) is 0 Å². The van der Waals surface area contributed by atoms with Gasteiger partial charge >= 0.3 is 0 Å². The van der Waals surface area contributed by atoms with E-state index < -0.39 is 0 Å². The highest BCUT2D eigenvalue weighted by atomic mass is 19.1. The molecule has 0 radical (unpaired) electrons. The topological polar surface area (TPSA) is 0 Å². The zero-order valence-corrected chi connectivity index (χ0v) is 11.6. The van der Waals surface area contributed by atoms with Gasteiger partial charge in [-0.1, -0.05) is 50.1 Å². The van der Waals surface area contributed by atoms with E-state index in [1.807, 2.05) is 6.92 Å². The Morgan fingerprint density at radius 1 is 1.12 bits per heavy atom. The zero-order valence-electron chi connectivity index (χ0n) is 11.6. The quantitative estimate of drug-likeness (QED) is 0.353. The van der Waals surface area contributed by atoms with Crippen LogP contribution in [0.3, 0.4) is 0 Å². The van der Waals surface area contributed by atoms with E-state index in [1.165, 1.54) is 17.6 Å². The molecule has 17 heavy (non-hydrogen) atoms. The Balaban J connectivity index is 4.54. The fourth-order valence-corrected chi connectivity index (χ4v) is 1.71. The number of unbranched alkanes of at least 4 members (excludes halogenated alkanes) is 2. The predicted molar refractivity (Wildman–Crippen MR) is 76.0 cm³/mol. The number of alkyl halides is 1. The maximum absolute atomic E-state index is 12.1. The third kappa shape index (κ3) is 8.91. The van der Waals surface area contributed by atoms with Gasteiger partial charge in [-0.25, -0.2) is 0 Å². The lowest BCUT2D eigenvalue weighted by Gasteiger charge is -2.04. The van der Waals surface area contributed by atoms with Crippen molar-refractivity contribution >= 4 is 0 Å². The van der Waals surface area contributed by atoms with Crippen LogP contribution in [0.5, 0.6) is 0 Å². The second kappa shape index (κ2) is 11.6. The minimum atomic E-state index is -0.194. The van der Waals surface area contributed by atoms with Crippen molar-refractivity contribution in [2.75, 3.05) is 6.67 Å². The average molecular weight is 238 g/mol. The van der Waals surface area contributed by atoms with Gasteiger partial charge in [0.15, 0.2) is 0 Å². The van der Waals surface area contributed by atoms with E-state index in [4.69, 9.17) is 0 Å². The molecule has 1 heteroatoms. The lowest BCUT2D eigenvalue weighted by molar-refractivity contribution is 0.462. The first-order valence-electron chi connectivity index (χ1n) is 6.86. The van der Waals surface area contributed by atoms with Gasteiger partial charge in [-0.15, -0.1) is 0 Å². The summed E-state index contributed by atoms with van der Waals surface area (Å²) >= 11 is 0. The van der Waals surface area contributed by atoms with Gasteiger partial charge in [0.1, 0.15) is 0 Å². The molecule has 0 nitrogen and oxygen atoms in total. The molecule has 0 atom stereocenters. The lowest BCUT2D eigenvalue weighted by Crippen LogP contribution is -1.86. The van der Waals surface area contributed by atoms with E-state index in [9.17, 15) is 4.39 Å². The fraction of sp³-hybridized carbons (Fsp3) is 0.625. The molecule has 0 bridgehead atoms. The molecule has 0 spiro atoms. The molecule has 0 N–H and O–H groups in total. The summed E-state index contributed by atoms with van der Waals surface area (Å²) in [5.74, 6) is 0. The van der Waals surface area contributed by atoms with Crippen molar-refractivity contribution in [2.45, 2.75) is 59.3 Å². The molecule has 0 saturated heterocycles. The van der Waals surface area contributed by atoms with E-state index in [0.717, 1.165) is 25.7 Å². The van der Waals surface area contributed by atoms with E-state index in [2.05, 4.69) is 38.2 Å². The van der Waals surface area contributed by atoms with Gasteiger partial charge in [0, 0.05) is 0 Å². The van der Waals surface area contributed by atoms with Crippen molar-refractivity contribution in [1.29, 1.82) is 0 Å². The van der Waals surface area contributed by atoms with E-state index in [-0.39, 0.29) is 6.67 Å². The Morgan fingerprint density at radius 3 is 2.41 bits per heavy atom. The molecule has 0 aromatic carbocycles. The lowest BCUT2D eigenvalue weighted by atomic mass is 10.0. The molecule has 0 heterocycles. The smallest absolute Gasteiger partial charge is 0.0894 e. The van der Waals surface area contributed by atoms with Crippen LogP contribution in [0.1, 0.15) is 59.3 Å². The number of allylic oxidation sites excluding steroid dienone is 6. The highest BCUT2D eigenvalue weighted by Crippen LogP contribution is 2.15. The van der Waals surface area contributed by atoms with Gasteiger partial charge in [-0.3, -0.25) is 4.39 Å². The second-order valence-corrected chi connectivity index (χ2v) is 4.29. The second-order valence-electron chi connectivity index (χ2n) is 4.29. The van der Waals surface area contributed by atoms with Gasteiger partial charge in [0.2, 0.25) is 0 Å². The summed E-state index contributed by atoms with van der Waals surface area (Å²) in [5.41, 5.74) is 2.73. The number of hydrogen-bond acceptors (Lipinski definition) is 0. The molecule has 0 amide bonds. The predicted octanol–water partition coefficient (Wildman–Crippen LogP) is 5.77. The first-order chi connectivity index (χ1) is 8.28. The SMILES string of the molecule is CC=C/C(=C/C(=C/CCC)CCCCF)CC. The van der Waals surface area contributed by atoms with Gasteiger partial charge in [-0.05, 0) is 44.6 Å². The van der Waals surface area contributed by atoms with Crippen molar-refractivity contribution in [3.05, 3.63) is 35.5 Å². The van der Waals surface area contributed by atoms with Gasteiger partial charge < -0.3 is 0 Å². The third-order valence-corrected chi connectivity index (χ3v) is 2.70. The molecule has 0 aromatic rings. The number of rotatable bonds is 9. The molecular weight excluding hydrogens is 211 g/mol. The van der Waals surface area contributed by atoms with Crippen molar-refractivity contribution in [2.24, 2.45) is 0 Å². The van der Waals surface area contributed by atoms with Crippen molar-refractivity contribution in [3.63, 3.8) is 0 Å². The highest BCUT2D eigenvalue weighted by molar-refractivity contribution is 5.29. The summed E-state index contributed by atoms with van der Waals surface area (Å²) in [5, 5.41) is 0. The maximum Gasteiger partial charge on any atom is 0.0894 e. The van der Waals surface area contributed by atoms with Crippen LogP contribution in [-0.2, 0) is 0 Å². The summed E-state index contributed by atoms with van der Waals surface area (Å²) in [6, 6.07) is 0. The Hall–Kier alpha value is -0.850. The molecule has 0 aromatic heterocycles. The van der Waals surface area contributed by atoms with E-state index in [0.29, 0.717) is 6.42 Å². The van der Waals surface area contributed by atoms with E-state index in [1.54, 1.807) is 0 Å².